The van der Waals surface area contributed by atoms with Gasteiger partial charge in [-0.1, -0.05) is 18.2 Å². The molecule has 0 spiro atoms. The molecule has 0 aromatic heterocycles. The second-order valence-corrected chi connectivity index (χ2v) is 7.12. The zero-order valence-corrected chi connectivity index (χ0v) is 16.7. The molecule has 29 heavy (non-hydrogen) atoms. The van der Waals surface area contributed by atoms with E-state index in [0.29, 0.717) is 6.42 Å². The lowest BCUT2D eigenvalue weighted by molar-refractivity contribution is -0.140. The molecular formula is C22H26N2O5. The second-order valence-electron chi connectivity index (χ2n) is 7.12. The van der Waals surface area contributed by atoms with E-state index >= 15 is 0 Å². The number of rotatable bonds is 6. The Kier molecular flexibility index (Phi) is 6.39. The maximum atomic E-state index is 12.2. The molecule has 154 valence electrons. The van der Waals surface area contributed by atoms with Crippen molar-refractivity contribution in [2.45, 2.75) is 31.4 Å². The quantitative estimate of drug-likeness (QED) is 0.643. The third-order valence-corrected chi connectivity index (χ3v) is 5.21. The van der Waals surface area contributed by atoms with Crippen LogP contribution in [0.5, 0.6) is 11.5 Å². The highest BCUT2D eigenvalue weighted by atomic mass is 16.5. The van der Waals surface area contributed by atoms with Gasteiger partial charge in [0.05, 0.1) is 20.8 Å². The van der Waals surface area contributed by atoms with Crippen LogP contribution in [0.2, 0.25) is 0 Å². The molecule has 0 saturated heterocycles. The number of fused-ring (bicyclic) bond motifs is 1. The first kappa shape index (κ1) is 20.7. The van der Waals surface area contributed by atoms with E-state index < -0.39 is 17.4 Å². The van der Waals surface area contributed by atoms with E-state index in [1.54, 1.807) is 32.4 Å². The van der Waals surface area contributed by atoms with Crippen LogP contribution in [0, 0.1) is 0 Å². The minimum atomic E-state index is -1.20. The number of amides is 2. The minimum absolute atomic E-state index is 0.0267. The number of hydrogen-bond donors (Lipinski definition) is 3. The Morgan fingerprint density at radius 1 is 1.00 bits per heavy atom. The van der Waals surface area contributed by atoms with E-state index in [9.17, 15) is 14.7 Å². The van der Waals surface area contributed by atoms with Crippen molar-refractivity contribution >= 4 is 11.8 Å². The number of aliphatic hydroxyl groups is 1. The van der Waals surface area contributed by atoms with E-state index in [0.717, 1.165) is 41.0 Å². The third-order valence-electron chi connectivity index (χ3n) is 5.21. The molecule has 2 amide bonds. The van der Waals surface area contributed by atoms with E-state index in [4.69, 9.17) is 9.47 Å². The van der Waals surface area contributed by atoms with Crippen molar-refractivity contribution in [3.8, 4) is 11.5 Å². The van der Waals surface area contributed by atoms with Gasteiger partial charge < -0.3 is 25.2 Å². The Balaban J connectivity index is 1.56. The van der Waals surface area contributed by atoms with Gasteiger partial charge in [-0.3, -0.25) is 9.59 Å². The number of aryl methyl sites for hydroxylation is 1. The fourth-order valence-corrected chi connectivity index (χ4v) is 3.56. The van der Waals surface area contributed by atoms with E-state index in [-0.39, 0.29) is 13.1 Å². The Hall–Kier alpha value is -3.06. The van der Waals surface area contributed by atoms with Gasteiger partial charge in [0.25, 0.3) is 0 Å². The first-order valence-corrected chi connectivity index (χ1v) is 9.54. The number of methoxy groups -OCH3 is 2. The average Bonchev–Trinajstić information content (AvgIpc) is 2.76. The maximum absolute atomic E-state index is 12.2. The molecule has 1 atom stereocenters. The summed E-state index contributed by atoms with van der Waals surface area (Å²) in [5.74, 6) is -0.0610. The number of ether oxygens (including phenoxy) is 2. The van der Waals surface area contributed by atoms with Gasteiger partial charge in [-0.15, -0.1) is 0 Å². The first-order valence-electron chi connectivity index (χ1n) is 9.54. The fraction of sp³-hybridized carbons (Fsp3) is 0.364. The molecule has 2 aromatic carbocycles. The number of carbonyl (C=O) groups excluding carboxylic acids is 2. The molecule has 0 heterocycles. The molecule has 1 aliphatic carbocycles. The molecule has 0 aliphatic heterocycles. The first-order chi connectivity index (χ1) is 13.9. The van der Waals surface area contributed by atoms with Crippen molar-refractivity contribution in [3.63, 3.8) is 0 Å². The topological polar surface area (TPSA) is 96.9 Å². The molecular weight excluding hydrogens is 372 g/mol. The molecule has 1 unspecified atom stereocenters. The van der Waals surface area contributed by atoms with Gasteiger partial charge in [0.2, 0.25) is 0 Å². The van der Waals surface area contributed by atoms with Crippen LogP contribution in [0.1, 0.15) is 29.5 Å². The number of nitrogens with one attached hydrogen (secondary N) is 2. The lowest BCUT2D eigenvalue weighted by Crippen LogP contribution is -2.47. The summed E-state index contributed by atoms with van der Waals surface area (Å²) in [7, 11) is 3.18. The smallest absolute Gasteiger partial charge is 0.309 e. The normalized spacial score (nSPS) is 17.8. The van der Waals surface area contributed by atoms with Crippen LogP contribution < -0.4 is 20.1 Å². The summed E-state index contributed by atoms with van der Waals surface area (Å²) in [5.41, 5.74) is 1.41. The highest BCUT2D eigenvalue weighted by Crippen LogP contribution is 2.36. The van der Waals surface area contributed by atoms with E-state index in [1.807, 2.05) is 24.3 Å². The van der Waals surface area contributed by atoms with Gasteiger partial charge in [0, 0.05) is 6.54 Å². The highest BCUT2D eigenvalue weighted by molar-refractivity contribution is 6.35. The van der Waals surface area contributed by atoms with Crippen molar-refractivity contribution in [1.82, 2.24) is 10.6 Å². The van der Waals surface area contributed by atoms with Crippen LogP contribution in [0.4, 0.5) is 0 Å². The van der Waals surface area contributed by atoms with Crippen LogP contribution in [0.25, 0.3) is 0 Å². The molecule has 0 fully saturated rings. The highest BCUT2D eigenvalue weighted by Gasteiger charge is 2.35. The van der Waals surface area contributed by atoms with Gasteiger partial charge in [-0.05, 0) is 60.2 Å². The Morgan fingerprint density at radius 2 is 1.66 bits per heavy atom. The van der Waals surface area contributed by atoms with Gasteiger partial charge in [-0.2, -0.15) is 0 Å². The van der Waals surface area contributed by atoms with Gasteiger partial charge in [0.1, 0.15) is 17.1 Å². The maximum Gasteiger partial charge on any atom is 0.309 e. The molecule has 0 radical (unpaired) electrons. The van der Waals surface area contributed by atoms with Crippen LogP contribution in [-0.4, -0.2) is 37.7 Å². The summed E-state index contributed by atoms with van der Waals surface area (Å²) >= 11 is 0. The van der Waals surface area contributed by atoms with Crippen LogP contribution in [0.3, 0.4) is 0 Å². The lowest BCUT2D eigenvalue weighted by atomic mass is 9.79. The van der Waals surface area contributed by atoms with Crippen molar-refractivity contribution in [3.05, 3.63) is 59.2 Å². The predicted molar refractivity (Wildman–Crippen MR) is 108 cm³/mol. The third kappa shape index (κ3) is 4.86. The molecule has 1 aliphatic rings. The van der Waals surface area contributed by atoms with Crippen molar-refractivity contribution in [2.75, 3.05) is 20.8 Å². The molecule has 2 aromatic rings. The van der Waals surface area contributed by atoms with Crippen molar-refractivity contribution in [1.29, 1.82) is 0 Å². The number of hydrogen-bond acceptors (Lipinski definition) is 5. The zero-order valence-electron chi connectivity index (χ0n) is 16.7. The van der Waals surface area contributed by atoms with Gasteiger partial charge in [-0.25, -0.2) is 0 Å². The average molecular weight is 398 g/mol. The second kappa shape index (κ2) is 8.96. The van der Waals surface area contributed by atoms with Crippen molar-refractivity contribution in [2.24, 2.45) is 0 Å². The molecule has 7 nitrogen and oxygen atoms in total. The minimum Gasteiger partial charge on any atom is -0.497 e. The Labute approximate surface area is 170 Å². The fourth-order valence-electron chi connectivity index (χ4n) is 3.56. The number of benzene rings is 2. The summed E-state index contributed by atoms with van der Waals surface area (Å²) in [6.07, 6.45) is 2.14. The molecule has 0 saturated carbocycles. The Bertz CT molecular complexity index is 881. The molecule has 0 bridgehead atoms. The summed E-state index contributed by atoms with van der Waals surface area (Å²) in [6, 6.07) is 12.7. The number of carbonyl (C=O) groups is 2. The van der Waals surface area contributed by atoms with Crippen molar-refractivity contribution < 1.29 is 24.2 Å². The lowest BCUT2D eigenvalue weighted by Gasteiger charge is -2.34. The summed E-state index contributed by atoms with van der Waals surface area (Å²) in [5, 5.41) is 16.2. The molecule has 7 heteroatoms. The van der Waals surface area contributed by atoms with Gasteiger partial charge in [0.15, 0.2) is 0 Å². The largest absolute Gasteiger partial charge is 0.497 e. The monoisotopic (exact) mass is 398 g/mol. The van der Waals surface area contributed by atoms with Gasteiger partial charge >= 0.3 is 11.8 Å². The SMILES string of the molecule is COc1ccc(CNC(=O)C(=O)NCC2(O)CCCc3cc(OC)ccc32)cc1. The Morgan fingerprint density at radius 3 is 2.34 bits per heavy atom. The van der Waals surface area contributed by atoms with Crippen LogP contribution in [0.15, 0.2) is 42.5 Å². The molecule has 3 rings (SSSR count). The van der Waals surface area contributed by atoms with Crippen LogP contribution in [-0.2, 0) is 28.2 Å². The summed E-state index contributed by atoms with van der Waals surface area (Å²) in [4.78, 5) is 24.3. The summed E-state index contributed by atoms with van der Waals surface area (Å²) in [6.45, 7) is 0.199. The molecule has 3 N–H and O–H groups in total. The van der Waals surface area contributed by atoms with Crippen LogP contribution >= 0.6 is 0 Å². The van der Waals surface area contributed by atoms with E-state index in [2.05, 4.69) is 10.6 Å². The zero-order chi connectivity index (χ0) is 20.9. The summed E-state index contributed by atoms with van der Waals surface area (Å²) < 4.78 is 10.3. The van der Waals surface area contributed by atoms with E-state index in [1.165, 1.54) is 0 Å². The predicted octanol–water partition coefficient (Wildman–Crippen LogP) is 1.66. The standard InChI is InChI=1S/C22H26N2O5/c1-28-17-7-5-15(6-8-17)13-23-20(25)21(26)24-14-22(27)11-3-4-16-12-18(29-2)9-10-19(16)22/h5-10,12,27H,3-4,11,13-14H2,1-2H3,(H,23,25)(H,24,26).